The van der Waals surface area contributed by atoms with Gasteiger partial charge in [0, 0.05) is 0 Å². The smallest absolute Gasteiger partial charge is 0.323 e. The Bertz CT molecular complexity index is 151. The third-order valence-corrected chi connectivity index (χ3v) is 2.24. The Hall–Kier alpha value is -0.220. The number of esters is 1. The summed E-state index contributed by atoms with van der Waals surface area (Å²) in [7, 11) is 1.78. The molecule has 0 aromatic heterocycles. The van der Waals surface area contributed by atoms with Crippen LogP contribution in [0.2, 0.25) is 0 Å². The molecule has 13 heavy (non-hydrogen) atoms. The number of hydrogen-bond acceptors (Lipinski definition) is 4. The van der Waals surface area contributed by atoms with Gasteiger partial charge in [0.05, 0.1) is 6.10 Å². The minimum Gasteiger partial charge on any atom is -0.462 e. The van der Waals surface area contributed by atoms with E-state index in [1.165, 1.54) is 0 Å². The molecule has 1 N–H and O–H groups in total. The van der Waals surface area contributed by atoms with Crippen LogP contribution in [-0.2, 0) is 9.53 Å². The summed E-state index contributed by atoms with van der Waals surface area (Å²) in [6.07, 6.45) is 2.82. The van der Waals surface area contributed by atoms with E-state index < -0.39 is 0 Å². The number of carbonyl (C=O) groups is 1. The van der Waals surface area contributed by atoms with Crippen LogP contribution in [0.25, 0.3) is 0 Å². The molecule has 4 heteroatoms. The fraction of sp³-hybridized carbons (Fsp3) is 0.889. The number of rotatable bonds is 6. The third-order valence-electron chi connectivity index (χ3n) is 1.60. The lowest BCUT2D eigenvalue weighted by Gasteiger charge is -2.16. The molecular weight excluding hydrogens is 186 g/mol. The van der Waals surface area contributed by atoms with Crippen LogP contribution in [0.3, 0.4) is 0 Å². The van der Waals surface area contributed by atoms with E-state index in [1.807, 2.05) is 20.1 Å². The Morgan fingerprint density at radius 2 is 2.15 bits per heavy atom. The molecule has 0 saturated heterocycles. The van der Waals surface area contributed by atoms with Crippen molar-refractivity contribution in [3.05, 3.63) is 0 Å². The topological polar surface area (TPSA) is 38.3 Å². The molecule has 0 aliphatic rings. The SMILES string of the molecule is CN[C@@H](CCSC)C(=O)OC(C)C. The maximum atomic E-state index is 11.4. The summed E-state index contributed by atoms with van der Waals surface area (Å²) in [6.45, 7) is 3.72. The van der Waals surface area contributed by atoms with Gasteiger partial charge in [0.25, 0.3) is 0 Å². The zero-order chi connectivity index (χ0) is 10.3. The summed E-state index contributed by atoms with van der Waals surface area (Å²) in [5.41, 5.74) is 0. The van der Waals surface area contributed by atoms with Gasteiger partial charge >= 0.3 is 5.97 Å². The van der Waals surface area contributed by atoms with Crippen LogP contribution in [0, 0.1) is 0 Å². The van der Waals surface area contributed by atoms with E-state index in [-0.39, 0.29) is 18.1 Å². The van der Waals surface area contributed by atoms with Gasteiger partial charge in [-0.3, -0.25) is 4.79 Å². The average Bonchev–Trinajstić information content (AvgIpc) is 2.04. The van der Waals surface area contributed by atoms with Gasteiger partial charge in [-0.05, 0) is 39.3 Å². The zero-order valence-electron chi connectivity index (χ0n) is 8.79. The van der Waals surface area contributed by atoms with Crippen LogP contribution in [0.15, 0.2) is 0 Å². The Morgan fingerprint density at radius 1 is 1.54 bits per heavy atom. The normalized spacial score (nSPS) is 13.0. The molecule has 0 unspecified atom stereocenters. The molecule has 0 saturated carbocycles. The largest absolute Gasteiger partial charge is 0.462 e. The van der Waals surface area contributed by atoms with Crippen molar-refractivity contribution in [1.29, 1.82) is 0 Å². The Morgan fingerprint density at radius 3 is 2.54 bits per heavy atom. The highest BCUT2D eigenvalue weighted by Gasteiger charge is 2.17. The van der Waals surface area contributed by atoms with E-state index >= 15 is 0 Å². The lowest BCUT2D eigenvalue weighted by molar-refractivity contribution is -0.149. The lowest BCUT2D eigenvalue weighted by atomic mass is 10.2. The van der Waals surface area contributed by atoms with Gasteiger partial charge in [0.2, 0.25) is 0 Å². The number of nitrogens with one attached hydrogen (secondary N) is 1. The van der Waals surface area contributed by atoms with Crippen LogP contribution >= 0.6 is 11.8 Å². The molecule has 0 amide bonds. The number of likely N-dealkylation sites (N-methyl/N-ethyl adjacent to an activating group) is 1. The van der Waals surface area contributed by atoms with Crippen molar-refractivity contribution in [3.8, 4) is 0 Å². The minimum absolute atomic E-state index is 0.0300. The first-order chi connectivity index (χ1) is 6.11. The number of thioether (sulfide) groups is 1. The maximum absolute atomic E-state index is 11.4. The molecule has 1 atom stereocenters. The van der Waals surface area contributed by atoms with Crippen LogP contribution in [-0.4, -0.2) is 37.2 Å². The standard InChI is InChI=1S/C9H19NO2S/c1-7(2)12-9(11)8(10-3)5-6-13-4/h7-8,10H,5-6H2,1-4H3/t8-/m0/s1. The molecule has 0 spiro atoms. The van der Waals surface area contributed by atoms with Crippen LogP contribution in [0.4, 0.5) is 0 Å². The molecule has 0 heterocycles. The molecule has 0 aromatic rings. The predicted molar refractivity (Wildman–Crippen MR) is 57.1 cm³/mol. The van der Waals surface area contributed by atoms with Crippen LogP contribution in [0.5, 0.6) is 0 Å². The van der Waals surface area contributed by atoms with E-state index in [0.29, 0.717) is 0 Å². The maximum Gasteiger partial charge on any atom is 0.323 e. The van der Waals surface area contributed by atoms with Crippen molar-refractivity contribution in [2.24, 2.45) is 0 Å². The second-order valence-electron chi connectivity index (χ2n) is 3.11. The fourth-order valence-corrected chi connectivity index (χ4v) is 1.40. The zero-order valence-corrected chi connectivity index (χ0v) is 9.61. The second kappa shape index (κ2) is 7.21. The number of carbonyl (C=O) groups excluding carboxylic acids is 1. The van der Waals surface area contributed by atoms with Crippen molar-refractivity contribution < 1.29 is 9.53 Å². The first-order valence-electron chi connectivity index (χ1n) is 4.48. The summed E-state index contributed by atoms with van der Waals surface area (Å²) in [5, 5.41) is 2.95. The monoisotopic (exact) mass is 205 g/mol. The fourth-order valence-electron chi connectivity index (χ4n) is 0.930. The highest BCUT2D eigenvalue weighted by molar-refractivity contribution is 7.98. The summed E-state index contributed by atoms with van der Waals surface area (Å²) < 4.78 is 5.09. The highest BCUT2D eigenvalue weighted by atomic mass is 32.2. The molecule has 3 nitrogen and oxygen atoms in total. The van der Waals surface area contributed by atoms with Crippen molar-refractivity contribution in [3.63, 3.8) is 0 Å². The summed E-state index contributed by atoms with van der Waals surface area (Å²) in [4.78, 5) is 11.4. The lowest BCUT2D eigenvalue weighted by Crippen LogP contribution is -2.37. The molecule has 0 aliphatic heterocycles. The predicted octanol–water partition coefficient (Wildman–Crippen LogP) is 1.28. The van der Waals surface area contributed by atoms with Crippen molar-refractivity contribution in [1.82, 2.24) is 5.32 Å². The van der Waals surface area contributed by atoms with E-state index in [4.69, 9.17) is 4.74 Å². The Kier molecular flexibility index (Phi) is 7.09. The van der Waals surface area contributed by atoms with Gasteiger partial charge in [0.1, 0.15) is 6.04 Å². The van der Waals surface area contributed by atoms with E-state index in [2.05, 4.69) is 5.32 Å². The molecule has 0 rings (SSSR count). The quantitative estimate of drug-likeness (QED) is 0.663. The minimum atomic E-state index is -0.158. The Labute approximate surface area is 84.6 Å². The molecular formula is C9H19NO2S. The van der Waals surface area contributed by atoms with Crippen molar-refractivity contribution in [2.75, 3.05) is 19.1 Å². The van der Waals surface area contributed by atoms with Crippen molar-refractivity contribution >= 4 is 17.7 Å². The third kappa shape index (κ3) is 5.93. The van der Waals surface area contributed by atoms with Gasteiger partial charge in [-0.2, -0.15) is 11.8 Å². The molecule has 0 radical (unpaired) electrons. The van der Waals surface area contributed by atoms with Crippen LogP contribution in [0.1, 0.15) is 20.3 Å². The highest BCUT2D eigenvalue weighted by Crippen LogP contribution is 2.03. The molecule has 0 aliphatic carbocycles. The number of hydrogen-bond donors (Lipinski definition) is 1. The van der Waals surface area contributed by atoms with E-state index in [1.54, 1.807) is 18.8 Å². The Balaban J connectivity index is 3.84. The summed E-state index contributed by atoms with van der Waals surface area (Å²) in [6, 6.07) is -0.158. The summed E-state index contributed by atoms with van der Waals surface area (Å²) in [5.74, 6) is 0.824. The van der Waals surface area contributed by atoms with Crippen LogP contribution < -0.4 is 5.32 Å². The van der Waals surface area contributed by atoms with Gasteiger partial charge in [-0.1, -0.05) is 0 Å². The second-order valence-corrected chi connectivity index (χ2v) is 4.09. The van der Waals surface area contributed by atoms with E-state index in [9.17, 15) is 4.79 Å². The molecule has 78 valence electrons. The molecule has 0 fully saturated rings. The molecule has 0 aromatic carbocycles. The summed E-state index contributed by atoms with van der Waals surface area (Å²) >= 11 is 1.73. The van der Waals surface area contributed by atoms with Gasteiger partial charge < -0.3 is 10.1 Å². The first-order valence-corrected chi connectivity index (χ1v) is 5.88. The number of ether oxygens (including phenoxy) is 1. The van der Waals surface area contributed by atoms with Gasteiger partial charge in [-0.15, -0.1) is 0 Å². The van der Waals surface area contributed by atoms with E-state index in [0.717, 1.165) is 12.2 Å². The first kappa shape index (κ1) is 12.8. The average molecular weight is 205 g/mol. The van der Waals surface area contributed by atoms with Crippen molar-refractivity contribution in [2.45, 2.75) is 32.4 Å². The van der Waals surface area contributed by atoms with Gasteiger partial charge in [0.15, 0.2) is 0 Å². The molecule has 0 bridgehead atoms. The van der Waals surface area contributed by atoms with Gasteiger partial charge in [-0.25, -0.2) is 0 Å².